The van der Waals surface area contributed by atoms with Gasteiger partial charge in [0.1, 0.15) is 5.60 Å². The van der Waals surface area contributed by atoms with Gasteiger partial charge in [0, 0.05) is 45.8 Å². The highest BCUT2D eigenvalue weighted by molar-refractivity contribution is 5.79. The van der Waals surface area contributed by atoms with Crippen LogP contribution in [0.15, 0.2) is 4.99 Å². The number of likely N-dealkylation sites (tertiary alicyclic amines) is 1. The molecular weight excluding hydrogens is 380 g/mol. The van der Waals surface area contributed by atoms with Crippen LogP contribution in [0.1, 0.15) is 67.2 Å². The van der Waals surface area contributed by atoms with Crippen molar-refractivity contribution >= 4 is 12.1 Å². The normalized spacial score (nSPS) is 26.3. The Balaban J connectivity index is 1.80. The molecule has 0 bridgehead atoms. The fourth-order valence-electron chi connectivity index (χ4n) is 4.42. The molecule has 3 atom stereocenters. The monoisotopic (exact) mass is 424 g/mol. The Morgan fingerprint density at radius 3 is 2.43 bits per heavy atom. The van der Waals surface area contributed by atoms with E-state index in [9.17, 15) is 4.79 Å². The molecule has 2 aliphatic rings. The molecule has 3 unspecified atom stereocenters. The number of amides is 1. The molecule has 0 spiro atoms. The van der Waals surface area contributed by atoms with Gasteiger partial charge in [-0.2, -0.15) is 0 Å². The SMILES string of the molecule is CN=C(NCC1CCCN(C(=O)OC(C)(C)C)C1)NCC1CCCOC1C(C)(C)C. The first-order valence-electron chi connectivity index (χ1n) is 11.5. The zero-order valence-corrected chi connectivity index (χ0v) is 20.2. The molecule has 2 fully saturated rings. The van der Waals surface area contributed by atoms with Crippen LogP contribution in [0.4, 0.5) is 4.79 Å². The minimum absolute atomic E-state index is 0.136. The molecule has 0 aliphatic carbocycles. The minimum Gasteiger partial charge on any atom is -0.444 e. The summed E-state index contributed by atoms with van der Waals surface area (Å²) in [5.74, 6) is 1.70. The number of ether oxygens (including phenoxy) is 2. The van der Waals surface area contributed by atoms with Crippen LogP contribution < -0.4 is 10.6 Å². The van der Waals surface area contributed by atoms with Crippen molar-refractivity contribution in [2.45, 2.75) is 78.9 Å². The second kappa shape index (κ2) is 10.7. The second-order valence-corrected chi connectivity index (χ2v) is 10.8. The van der Waals surface area contributed by atoms with Crippen molar-refractivity contribution in [3.05, 3.63) is 0 Å². The van der Waals surface area contributed by atoms with E-state index in [-0.39, 0.29) is 17.6 Å². The fraction of sp³-hybridized carbons (Fsp3) is 0.913. The molecule has 0 aromatic rings. The maximum atomic E-state index is 12.4. The molecule has 2 rings (SSSR count). The van der Waals surface area contributed by atoms with E-state index in [0.29, 0.717) is 11.8 Å². The van der Waals surface area contributed by atoms with Gasteiger partial charge in [0.25, 0.3) is 0 Å². The molecule has 0 aromatic carbocycles. The van der Waals surface area contributed by atoms with Gasteiger partial charge in [0.15, 0.2) is 5.96 Å². The number of rotatable bonds is 4. The highest BCUT2D eigenvalue weighted by Crippen LogP contribution is 2.33. The molecule has 0 radical (unpaired) electrons. The zero-order chi connectivity index (χ0) is 22.4. The van der Waals surface area contributed by atoms with Crippen LogP contribution in [0.5, 0.6) is 0 Å². The lowest BCUT2D eigenvalue weighted by Crippen LogP contribution is -2.49. The van der Waals surface area contributed by atoms with Crippen molar-refractivity contribution in [3.63, 3.8) is 0 Å². The summed E-state index contributed by atoms with van der Waals surface area (Å²) >= 11 is 0. The summed E-state index contributed by atoms with van der Waals surface area (Å²) in [5.41, 5.74) is -0.321. The number of carbonyl (C=O) groups excluding carboxylic acids is 1. The summed E-state index contributed by atoms with van der Waals surface area (Å²) in [6.45, 7) is 16.5. The molecule has 174 valence electrons. The molecular formula is C23H44N4O3. The summed E-state index contributed by atoms with van der Waals surface area (Å²) in [6.07, 6.45) is 4.46. The first-order chi connectivity index (χ1) is 14.0. The summed E-state index contributed by atoms with van der Waals surface area (Å²) in [7, 11) is 1.81. The van der Waals surface area contributed by atoms with Crippen LogP contribution in [-0.4, -0.2) is 68.5 Å². The van der Waals surface area contributed by atoms with E-state index in [4.69, 9.17) is 9.47 Å². The van der Waals surface area contributed by atoms with E-state index < -0.39 is 5.60 Å². The lowest BCUT2D eigenvalue weighted by molar-refractivity contribution is -0.0835. The smallest absolute Gasteiger partial charge is 0.410 e. The lowest BCUT2D eigenvalue weighted by atomic mass is 9.78. The van der Waals surface area contributed by atoms with Gasteiger partial charge in [-0.25, -0.2) is 4.79 Å². The average molecular weight is 425 g/mol. The lowest BCUT2D eigenvalue weighted by Gasteiger charge is -2.40. The summed E-state index contributed by atoms with van der Waals surface area (Å²) in [4.78, 5) is 18.6. The van der Waals surface area contributed by atoms with E-state index in [1.54, 1.807) is 0 Å². The maximum Gasteiger partial charge on any atom is 0.410 e. The number of piperidine rings is 1. The van der Waals surface area contributed by atoms with Gasteiger partial charge in [-0.05, 0) is 57.8 Å². The van der Waals surface area contributed by atoms with Gasteiger partial charge in [-0.15, -0.1) is 0 Å². The Labute approximate surface area is 183 Å². The molecule has 1 amide bonds. The largest absolute Gasteiger partial charge is 0.444 e. The Kier molecular flexibility index (Phi) is 8.83. The molecule has 30 heavy (non-hydrogen) atoms. The van der Waals surface area contributed by atoms with Crippen molar-refractivity contribution in [2.75, 3.05) is 39.8 Å². The average Bonchev–Trinajstić information content (AvgIpc) is 2.66. The highest BCUT2D eigenvalue weighted by atomic mass is 16.6. The second-order valence-electron chi connectivity index (χ2n) is 10.8. The number of hydrogen-bond donors (Lipinski definition) is 2. The predicted octanol–water partition coefficient (Wildman–Crippen LogP) is 3.64. The molecule has 2 N–H and O–H groups in total. The van der Waals surface area contributed by atoms with Crippen LogP contribution in [0, 0.1) is 17.3 Å². The maximum absolute atomic E-state index is 12.4. The third-order valence-electron chi connectivity index (χ3n) is 5.78. The zero-order valence-electron chi connectivity index (χ0n) is 20.2. The van der Waals surface area contributed by atoms with Crippen molar-refractivity contribution in [1.29, 1.82) is 0 Å². The number of carbonyl (C=O) groups is 1. The van der Waals surface area contributed by atoms with E-state index in [1.807, 2.05) is 32.7 Å². The van der Waals surface area contributed by atoms with Gasteiger partial charge in [0.05, 0.1) is 6.10 Å². The van der Waals surface area contributed by atoms with Crippen LogP contribution >= 0.6 is 0 Å². The molecule has 2 saturated heterocycles. The Bertz CT molecular complexity index is 580. The predicted molar refractivity (Wildman–Crippen MR) is 122 cm³/mol. The van der Waals surface area contributed by atoms with Crippen LogP contribution in [0.25, 0.3) is 0 Å². The van der Waals surface area contributed by atoms with E-state index in [0.717, 1.165) is 58.0 Å². The highest BCUT2D eigenvalue weighted by Gasteiger charge is 2.35. The van der Waals surface area contributed by atoms with Crippen LogP contribution in [0.3, 0.4) is 0 Å². The van der Waals surface area contributed by atoms with E-state index >= 15 is 0 Å². The fourth-order valence-corrected chi connectivity index (χ4v) is 4.42. The number of nitrogens with zero attached hydrogens (tertiary/aromatic N) is 2. The van der Waals surface area contributed by atoms with Gasteiger partial charge in [-0.1, -0.05) is 20.8 Å². The van der Waals surface area contributed by atoms with Gasteiger partial charge < -0.3 is 25.0 Å². The molecule has 0 saturated carbocycles. The summed E-state index contributed by atoms with van der Waals surface area (Å²) in [6, 6.07) is 0. The Morgan fingerprint density at radius 2 is 1.80 bits per heavy atom. The topological polar surface area (TPSA) is 75.2 Å². The van der Waals surface area contributed by atoms with Crippen molar-refractivity contribution in [3.8, 4) is 0 Å². The summed E-state index contributed by atoms with van der Waals surface area (Å²) < 4.78 is 11.6. The van der Waals surface area contributed by atoms with Gasteiger partial charge >= 0.3 is 6.09 Å². The third kappa shape index (κ3) is 7.97. The molecule has 0 aromatic heterocycles. The van der Waals surface area contributed by atoms with Gasteiger partial charge in [-0.3, -0.25) is 4.99 Å². The number of guanidine groups is 1. The first kappa shape index (κ1) is 24.8. The van der Waals surface area contributed by atoms with Crippen LogP contribution in [-0.2, 0) is 9.47 Å². The molecule has 7 heteroatoms. The molecule has 2 heterocycles. The Hall–Kier alpha value is -1.50. The van der Waals surface area contributed by atoms with Crippen molar-refractivity contribution in [2.24, 2.45) is 22.2 Å². The Morgan fingerprint density at radius 1 is 1.10 bits per heavy atom. The van der Waals surface area contributed by atoms with Gasteiger partial charge in [0.2, 0.25) is 0 Å². The van der Waals surface area contributed by atoms with Crippen molar-refractivity contribution < 1.29 is 14.3 Å². The standard InChI is InChI=1S/C23H44N4O3/c1-22(2,3)19-18(11-9-13-29-19)15-26-20(24-7)25-14-17-10-8-12-27(16-17)21(28)30-23(4,5)6/h17-19H,8-16H2,1-7H3,(H2,24,25,26). The number of aliphatic imine (C=N–C) groups is 1. The van der Waals surface area contributed by atoms with E-state index in [2.05, 4.69) is 36.4 Å². The first-order valence-corrected chi connectivity index (χ1v) is 11.5. The van der Waals surface area contributed by atoms with E-state index in [1.165, 1.54) is 6.42 Å². The molecule has 2 aliphatic heterocycles. The quantitative estimate of drug-likeness (QED) is 0.532. The summed E-state index contributed by atoms with van der Waals surface area (Å²) in [5, 5.41) is 6.96. The number of hydrogen-bond acceptors (Lipinski definition) is 4. The number of nitrogens with one attached hydrogen (secondary N) is 2. The molecule has 7 nitrogen and oxygen atoms in total. The van der Waals surface area contributed by atoms with Crippen molar-refractivity contribution in [1.82, 2.24) is 15.5 Å². The van der Waals surface area contributed by atoms with Crippen LogP contribution in [0.2, 0.25) is 0 Å². The minimum atomic E-state index is -0.456. The third-order valence-corrected chi connectivity index (χ3v) is 5.78.